The number of rotatable bonds is 2. The van der Waals surface area contributed by atoms with Crippen molar-refractivity contribution in [3.05, 3.63) is 32.5 Å². The van der Waals surface area contributed by atoms with Crippen LogP contribution in [0.5, 0.6) is 0 Å². The van der Waals surface area contributed by atoms with Crippen LogP contribution in [0.1, 0.15) is 6.42 Å². The smallest absolute Gasteiger partial charge is 0.306 e. The summed E-state index contributed by atoms with van der Waals surface area (Å²) in [7, 11) is 0. The monoisotopic (exact) mass is 334 g/mol. The maximum absolute atomic E-state index is 13.4. The van der Waals surface area contributed by atoms with Gasteiger partial charge in [-0.1, -0.05) is 0 Å². The van der Waals surface area contributed by atoms with Gasteiger partial charge in [0.2, 0.25) is 11.7 Å². The van der Waals surface area contributed by atoms with Crippen molar-refractivity contribution in [3.63, 3.8) is 0 Å². The second-order valence-corrected chi connectivity index (χ2v) is 5.46. The summed E-state index contributed by atoms with van der Waals surface area (Å²) in [4.78, 5) is 22.9. The molecule has 0 N–H and O–H groups in total. The van der Waals surface area contributed by atoms with E-state index in [9.17, 15) is 19.3 Å². The van der Waals surface area contributed by atoms with Gasteiger partial charge in [-0.3, -0.25) is 14.9 Å². The van der Waals surface area contributed by atoms with E-state index in [0.29, 0.717) is 16.7 Å². The highest BCUT2D eigenvalue weighted by molar-refractivity contribution is 9.10. The summed E-state index contributed by atoms with van der Waals surface area (Å²) < 4.78 is 13.7. The number of hydrogen-bond acceptors (Lipinski definition) is 4. The summed E-state index contributed by atoms with van der Waals surface area (Å²) in [5, 5.41) is 10.6. The van der Waals surface area contributed by atoms with Crippen molar-refractivity contribution in [1.82, 2.24) is 0 Å². The van der Waals surface area contributed by atoms with E-state index in [1.165, 1.54) is 4.90 Å². The van der Waals surface area contributed by atoms with Gasteiger partial charge in [-0.05, 0) is 22.0 Å². The Morgan fingerprint density at radius 1 is 1.56 bits per heavy atom. The Balaban J connectivity index is 2.48. The number of hydrogen-bond donors (Lipinski definition) is 1. The van der Waals surface area contributed by atoms with Crippen LogP contribution in [-0.4, -0.2) is 22.6 Å². The van der Waals surface area contributed by atoms with Crippen molar-refractivity contribution in [3.8, 4) is 0 Å². The van der Waals surface area contributed by atoms with E-state index in [-0.39, 0.29) is 17.6 Å². The normalized spacial score (nSPS) is 19.4. The lowest BCUT2D eigenvalue weighted by Gasteiger charge is -2.17. The third-order valence-corrected chi connectivity index (χ3v) is 3.59. The minimum absolute atomic E-state index is 0.117. The first-order chi connectivity index (χ1) is 8.40. The van der Waals surface area contributed by atoms with Gasteiger partial charge in [0, 0.05) is 28.8 Å². The summed E-state index contributed by atoms with van der Waals surface area (Å²) in [5.41, 5.74) is -0.353. The Labute approximate surface area is 116 Å². The van der Waals surface area contributed by atoms with E-state index in [1.54, 1.807) is 0 Å². The van der Waals surface area contributed by atoms with E-state index in [2.05, 4.69) is 28.6 Å². The molecule has 1 saturated heterocycles. The van der Waals surface area contributed by atoms with Crippen molar-refractivity contribution in [1.29, 1.82) is 0 Å². The largest absolute Gasteiger partial charge is 0.310 e. The molecule has 1 aromatic carbocycles. The van der Waals surface area contributed by atoms with Gasteiger partial charge in [-0.25, -0.2) is 0 Å². The van der Waals surface area contributed by atoms with Gasteiger partial charge in [0.15, 0.2) is 0 Å². The molecule has 96 valence electrons. The quantitative estimate of drug-likeness (QED) is 0.513. The lowest BCUT2D eigenvalue weighted by molar-refractivity contribution is -0.387. The SMILES string of the molecule is O=C1CC(S)CN1c1cc([N+](=O)[O-])c(F)cc1Br. The molecule has 0 saturated carbocycles. The van der Waals surface area contributed by atoms with E-state index in [4.69, 9.17) is 0 Å². The average Bonchev–Trinajstić information content (AvgIpc) is 2.57. The van der Waals surface area contributed by atoms with Crippen LogP contribution < -0.4 is 4.90 Å². The Hall–Kier alpha value is -1.15. The summed E-state index contributed by atoms with van der Waals surface area (Å²) in [6, 6.07) is 2.05. The van der Waals surface area contributed by atoms with Crippen LogP contribution in [0.4, 0.5) is 15.8 Å². The highest BCUT2D eigenvalue weighted by Gasteiger charge is 2.31. The first-order valence-electron chi connectivity index (χ1n) is 5.02. The van der Waals surface area contributed by atoms with Crippen molar-refractivity contribution in [2.24, 2.45) is 0 Å². The van der Waals surface area contributed by atoms with Crippen molar-refractivity contribution < 1.29 is 14.1 Å². The Morgan fingerprint density at radius 2 is 2.22 bits per heavy atom. The van der Waals surface area contributed by atoms with Gasteiger partial charge in [0.1, 0.15) is 0 Å². The number of halogens is 2. The lowest BCUT2D eigenvalue weighted by atomic mass is 10.2. The Morgan fingerprint density at radius 3 is 2.72 bits per heavy atom. The first-order valence-corrected chi connectivity index (χ1v) is 6.33. The number of thiol groups is 1. The molecular formula is C10H8BrFN2O3S. The van der Waals surface area contributed by atoms with Crippen LogP contribution in [0, 0.1) is 15.9 Å². The molecule has 1 heterocycles. The molecule has 1 amide bonds. The highest BCUT2D eigenvalue weighted by atomic mass is 79.9. The second-order valence-electron chi connectivity index (χ2n) is 3.87. The van der Waals surface area contributed by atoms with Crippen molar-refractivity contribution >= 4 is 45.8 Å². The molecule has 1 unspecified atom stereocenters. The number of anilines is 1. The first kappa shape index (κ1) is 13.3. The molecule has 0 aliphatic carbocycles. The van der Waals surface area contributed by atoms with Gasteiger partial charge in [0.25, 0.3) is 0 Å². The fourth-order valence-electron chi connectivity index (χ4n) is 1.79. The molecule has 18 heavy (non-hydrogen) atoms. The molecule has 1 atom stereocenters. The zero-order chi connectivity index (χ0) is 13.4. The van der Waals surface area contributed by atoms with Gasteiger partial charge >= 0.3 is 5.69 Å². The zero-order valence-electron chi connectivity index (χ0n) is 8.97. The number of nitro groups is 1. The minimum Gasteiger partial charge on any atom is -0.310 e. The van der Waals surface area contributed by atoms with Crippen LogP contribution in [0.15, 0.2) is 16.6 Å². The minimum atomic E-state index is -0.940. The van der Waals surface area contributed by atoms with Crippen molar-refractivity contribution in [2.75, 3.05) is 11.4 Å². The maximum Gasteiger partial charge on any atom is 0.306 e. The van der Waals surface area contributed by atoms with E-state index in [1.807, 2.05) is 0 Å². The van der Waals surface area contributed by atoms with Gasteiger partial charge in [0.05, 0.1) is 10.6 Å². The highest BCUT2D eigenvalue weighted by Crippen LogP contribution is 2.35. The van der Waals surface area contributed by atoms with Crippen LogP contribution in [0.3, 0.4) is 0 Å². The number of carbonyl (C=O) groups is 1. The van der Waals surface area contributed by atoms with Gasteiger partial charge < -0.3 is 4.90 Å². The molecule has 0 aromatic heterocycles. The molecule has 0 bridgehead atoms. The van der Waals surface area contributed by atoms with E-state index in [0.717, 1.165) is 12.1 Å². The fraction of sp³-hybridized carbons (Fsp3) is 0.300. The number of nitro benzene ring substituents is 1. The van der Waals surface area contributed by atoms with E-state index >= 15 is 0 Å². The molecular weight excluding hydrogens is 327 g/mol. The average molecular weight is 335 g/mol. The van der Waals surface area contributed by atoms with Crippen LogP contribution in [-0.2, 0) is 4.79 Å². The zero-order valence-corrected chi connectivity index (χ0v) is 11.4. The molecule has 1 fully saturated rings. The van der Waals surface area contributed by atoms with Crippen molar-refractivity contribution in [2.45, 2.75) is 11.7 Å². The molecule has 0 spiro atoms. The standard InChI is InChI=1S/C10H8BrFN2O3S/c11-6-2-7(12)9(14(16)17)3-8(6)13-4-5(18)1-10(13)15/h2-3,5,18H,1,4H2. The molecule has 8 heteroatoms. The summed E-state index contributed by atoms with van der Waals surface area (Å²) in [6.07, 6.45) is 0.265. The molecule has 1 aliphatic rings. The molecule has 0 radical (unpaired) electrons. The molecule has 1 aromatic rings. The number of nitrogens with zero attached hydrogens (tertiary/aromatic N) is 2. The predicted molar refractivity (Wildman–Crippen MR) is 70.5 cm³/mol. The maximum atomic E-state index is 13.4. The number of benzene rings is 1. The second kappa shape index (κ2) is 4.85. The third kappa shape index (κ3) is 2.35. The van der Waals surface area contributed by atoms with Crippen LogP contribution in [0.2, 0.25) is 0 Å². The van der Waals surface area contributed by atoms with Gasteiger partial charge in [-0.2, -0.15) is 17.0 Å². The fourth-order valence-corrected chi connectivity index (χ4v) is 2.64. The van der Waals surface area contributed by atoms with Crippen LogP contribution >= 0.6 is 28.6 Å². The predicted octanol–water partition coefficient (Wildman–Crippen LogP) is 2.53. The Kier molecular flexibility index (Phi) is 3.58. The number of carbonyl (C=O) groups excluding carboxylic acids is 1. The lowest BCUT2D eigenvalue weighted by Crippen LogP contribution is -2.25. The van der Waals surface area contributed by atoms with E-state index < -0.39 is 16.4 Å². The van der Waals surface area contributed by atoms with Gasteiger partial charge in [-0.15, -0.1) is 0 Å². The summed E-state index contributed by atoms with van der Waals surface area (Å²) in [5.74, 6) is -1.12. The Bertz CT molecular complexity index is 540. The molecule has 5 nitrogen and oxygen atoms in total. The summed E-state index contributed by atoms with van der Waals surface area (Å²) >= 11 is 7.30. The topological polar surface area (TPSA) is 63.5 Å². The molecule has 2 rings (SSSR count). The molecule has 1 aliphatic heterocycles. The third-order valence-electron chi connectivity index (χ3n) is 2.61. The number of amides is 1. The van der Waals surface area contributed by atoms with Crippen LogP contribution in [0.25, 0.3) is 0 Å². The summed E-state index contributed by atoms with van der Waals surface area (Å²) in [6.45, 7) is 0.351.